The number of hydrogen-bond donors (Lipinski definition) is 0. The summed E-state index contributed by atoms with van der Waals surface area (Å²) in [7, 11) is -0.246. The summed E-state index contributed by atoms with van der Waals surface area (Å²) in [4.78, 5) is 0. The molecule has 0 aliphatic heterocycles. The summed E-state index contributed by atoms with van der Waals surface area (Å²) in [6.07, 6.45) is 2.36. The molecule has 1 radical (unpaired) electrons. The Bertz CT molecular complexity index is 548. The fourth-order valence-corrected chi connectivity index (χ4v) is 11.0. The van der Waals surface area contributed by atoms with E-state index in [2.05, 4.69) is 114 Å². The Balaban J connectivity index is 0. The van der Waals surface area contributed by atoms with Crippen LogP contribution in [0.2, 0.25) is 0 Å². The maximum Gasteiger partial charge on any atom is 0 e. The van der Waals surface area contributed by atoms with Crippen LogP contribution in [0, 0.1) is 12.7 Å². The molecule has 0 fully saturated rings. The molecule has 29 heavy (non-hydrogen) atoms. The second-order valence-electron chi connectivity index (χ2n) is 11.6. The van der Waals surface area contributed by atoms with Crippen molar-refractivity contribution in [1.82, 2.24) is 0 Å². The van der Waals surface area contributed by atoms with Gasteiger partial charge >= 0.3 is 11.3 Å². The van der Waals surface area contributed by atoms with Crippen molar-refractivity contribution in [1.29, 1.82) is 0 Å². The molecule has 169 valence electrons. The van der Waals surface area contributed by atoms with Crippen LogP contribution in [-0.4, -0.2) is 20.6 Å². The minimum Gasteiger partial charge on any atom is 0 e. The second-order valence-corrected chi connectivity index (χ2v) is 19.3. The number of benzene rings is 1. The first-order chi connectivity index (χ1) is 12.4. The molecule has 0 atom stereocenters. The Kier molecular flexibility index (Phi) is 13.0. The molecule has 0 heterocycles. The number of rotatable bonds is 4. The molecular weight excluding hydrogens is 481 g/mol. The van der Waals surface area contributed by atoms with Crippen LogP contribution >= 0.6 is 15.8 Å². The van der Waals surface area contributed by atoms with E-state index in [4.69, 9.17) is 4.65 Å². The Morgan fingerprint density at radius 2 is 0.897 bits per heavy atom. The Hall–Kier alpha value is 0.443. The summed E-state index contributed by atoms with van der Waals surface area (Å²) >= 11 is 0. The summed E-state index contributed by atoms with van der Waals surface area (Å²) < 4.78 is 7.50. The molecule has 0 aromatic heterocycles. The molecule has 0 aliphatic carbocycles. The topological polar surface area (TPSA) is 19.9 Å². The molecule has 1 aromatic rings. The van der Waals surface area contributed by atoms with Gasteiger partial charge in [-0.25, -0.2) is 0 Å². The Morgan fingerprint density at radius 3 is 1.10 bits per heavy atom. The van der Waals surface area contributed by atoms with Gasteiger partial charge in [0, 0.05) is 19.5 Å². The summed E-state index contributed by atoms with van der Waals surface area (Å²) in [5.74, 6) is 0. The second kappa shape index (κ2) is 11.9. The maximum atomic E-state index is 7.50. The minimum absolute atomic E-state index is 0. The predicted molar refractivity (Wildman–Crippen MR) is 129 cm³/mol. The van der Waals surface area contributed by atoms with Crippen molar-refractivity contribution in [2.75, 3.05) is 0 Å². The van der Waals surface area contributed by atoms with Crippen LogP contribution in [0.3, 0.4) is 0 Å². The normalized spacial score (nSPS) is 13.0. The quantitative estimate of drug-likeness (QED) is 0.163. The molecule has 1 nitrogen and oxygen atoms in total. The van der Waals surface area contributed by atoms with Gasteiger partial charge in [-0.2, -0.15) is 35.4 Å². The van der Waals surface area contributed by atoms with Gasteiger partial charge in [0.2, 0.25) is 0 Å². The van der Waals surface area contributed by atoms with E-state index in [1.165, 1.54) is 23.5 Å². The molecule has 0 saturated heterocycles. The fourth-order valence-electron chi connectivity index (χ4n) is 4.06. The van der Waals surface area contributed by atoms with Crippen LogP contribution in [0.5, 0.6) is 0 Å². The first kappa shape index (κ1) is 31.6. The average Bonchev–Trinajstić information content (AvgIpc) is 2.48. The molecule has 0 spiro atoms. The summed E-state index contributed by atoms with van der Waals surface area (Å²) in [6, 6.07) is 10.7. The first-order valence-corrected chi connectivity index (χ1v) is 13.2. The molecule has 0 aliphatic rings. The molecule has 0 saturated carbocycles. The third kappa shape index (κ3) is 11.0. The van der Waals surface area contributed by atoms with Gasteiger partial charge in [0.25, 0.3) is 0 Å². The van der Waals surface area contributed by atoms with E-state index in [0.29, 0.717) is 20.6 Å². The summed E-state index contributed by atoms with van der Waals surface area (Å²) in [5, 5.41) is 1.45. The van der Waals surface area contributed by atoms with Crippen LogP contribution in [0.25, 0.3) is 0 Å². The fraction of sp³-hybridized carbons (Fsp3) is 0.720. The van der Waals surface area contributed by atoms with Gasteiger partial charge < -0.3 is 0 Å². The predicted octanol–water partition coefficient (Wildman–Crippen LogP) is 8.60. The average molecular weight is 524 g/mol. The zero-order chi connectivity index (χ0) is 22.6. The van der Waals surface area contributed by atoms with Crippen molar-refractivity contribution >= 4 is 15.8 Å². The van der Waals surface area contributed by atoms with Crippen molar-refractivity contribution in [3.05, 3.63) is 42.0 Å². The molecular formula is C25H43OP2Rh-. The van der Waals surface area contributed by atoms with Gasteiger partial charge in [-0.05, 0) is 32.9 Å². The standard InChI is InChI=1S/C24H43P2.CO.Rh/c1-21(2,3)25(22(4,5)6)17-19-14-13-15-20(16-19)18-26(23(7,8)9)24(10,11)12;1-2;/h13-15H,17-18H2,1-12H3;;/q-1;;. The smallest absolute Gasteiger partial charge is 0 e. The van der Waals surface area contributed by atoms with Crippen LogP contribution in [0.1, 0.15) is 94.2 Å². The SMILES string of the molecule is CC(C)(C)P(Cc1[c-]c(CP(C(C)(C)C)C(C)(C)C)ccc1)C(C)(C)C.[C-]#[O+].[Rh]. The molecule has 0 N–H and O–H groups in total. The van der Waals surface area contributed by atoms with Gasteiger partial charge in [-0.3, -0.25) is 0 Å². The zero-order valence-corrected chi connectivity index (χ0v) is 24.2. The summed E-state index contributed by atoms with van der Waals surface area (Å²) in [6.45, 7) is 33.4. The molecule has 1 rings (SSSR count). The van der Waals surface area contributed by atoms with E-state index >= 15 is 0 Å². The van der Waals surface area contributed by atoms with E-state index in [1.807, 2.05) is 0 Å². The molecule has 0 amide bonds. The largest absolute Gasteiger partial charge is 0 e. The van der Waals surface area contributed by atoms with E-state index in [-0.39, 0.29) is 35.3 Å². The minimum atomic E-state index is -0.123. The van der Waals surface area contributed by atoms with Crippen LogP contribution in [-0.2, 0) is 36.5 Å². The van der Waals surface area contributed by atoms with Crippen LogP contribution in [0.15, 0.2) is 18.2 Å². The monoisotopic (exact) mass is 524 g/mol. The van der Waals surface area contributed by atoms with Crippen LogP contribution < -0.4 is 0 Å². The van der Waals surface area contributed by atoms with Crippen molar-refractivity contribution in [3.8, 4) is 0 Å². The van der Waals surface area contributed by atoms with Crippen molar-refractivity contribution < 1.29 is 24.1 Å². The number of hydrogen-bond acceptors (Lipinski definition) is 0. The van der Waals surface area contributed by atoms with Crippen LogP contribution in [0.4, 0.5) is 0 Å². The molecule has 0 unspecified atom stereocenters. The molecule has 4 heteroatoms. The van der Waals surface area contributed by atoms with E-state index < -0.39 is 0 Å². The van der Waals surface area contributed by atoms with E-state index in [1.54, 1.807) is 0 Å². The maximum absolute atomic E-state index is 7.50. The van der Waals surface area contributed by atoms with E-state index in [0.717, 1.165) is 0 Å². The van der Waals surface area contributed by atoms with Gasteiger partial charge in [-0.1, -0.05) is 98.9 Å². The van der Waals surface area contributed by atoms with Crippen molar-refractivity contribution in [2.24, 2.45) is 0 Å². The first-order valence-electron chi connectivity index (χ1n) is 10.2. The Labute approximate surface area is 197 Å². The summed E-state index contributed by atoms with van der Waals surface area (Å²) in [5.41, 5.74) is 2.83. The zero-order valence-electron chi connectivity index (χ0n) is 20.8. The third-order valence-corrected chi connectivity index (χ3v) is 12.6. The van der Waals surface area contributed by atoms with Crippen molar-refractivity contribution in [2.45, 2.75) is 116 Å². The van der Waals surface area contributed by atoms with Gasteiger partial charge in [0.05, 0.1) is 0 Å². The van der Waals surface area contributed by atoms with E-state index in [9.17, 15) is 0 Å². The Morgan fingerprint density at radius 1 is 0.655 bits per heavy atom. The van der Waals surface area contributed by atoms with Gasteiger partial charge in [-0.15, -0.1) is 0 Å². The molecule has 0 bridgehead atoms. The third-order valence-electron chi connectivity index (χ3n) is 4.81. The van der Waals surface area contributed by atoms with Gasteiger partial charge in [0.15, 0.2) is 0 Å². The van der Waals surface area contributed by atoms with Crippen molar-refractivity contribution in [3.63, 3.8) is 0 Å². The van der Waals surface area contributed by atoms with Gasteiger partial charge in [0.1, 0.15) is 0 Å². The molecule has 1 aromatic carbocycles.